The molecule has 0 radical (unpaired) electrons. The van der Waals surface area contributed by atoms with Gasteiger partial charge in [0.1, 0.15) is 0 Å². The molecule has 1 saturated carbocycles. The number of aryl methyl sites for hydroxylation is 1. The van der Waals surface area contributed by atoms with Crippen LogP contribution in [0.15, 0.2) is 24.3 Å². The Labute approximate surface area is 120 Å². The second kappa shape index (κ2) is 5.47. The maximum absolute atomic E-state index is 10.6. The second-order valence-electron chi connectivity index (χ2n) is 5.76. The molecule has 2 nitrogen and oxygen atoms in total. The summed E-state index contributed by atoms with van der Waals surface area (Å²) in [6, 6.07) is 9.13. The maximum atomic E-state index is 10.6. The first-order chi connectivity index (χ1) is 9.23. The van der Waals surface area contributed by atoms with Gasteiger partial charge in [0.25, 0.3) is 0 Å². The quantitative estimate of drug-likeness (QED) is 0.868. The Hall–Kier alpha value is -0.510. The zero-order valence-corrected chi connectivity index (χ0v) is 12.4. The van der Waals surface area contributed by atoms with Crippen LogP contribution in [0.1, 0.15) is 43.4 Å². The lowest BCUT2D eigenvalue weighted by Crippen LogP contribution is -2.56. The zero-order chi connectivity index (χ0) is 13.3. The van der Waals surface area contributed by atoms with Crippen molar-refractivity contribution in [2.45, 2.75) is 49.5 Å². The lowest BCUT2D eigenvalue weighted by molar-refractivity contribution is -0.0253. The smallest absolute Gasteiger partial charge is 0.0890 e. The molecule has 0 amide bonds. The monoisotopic (exact) mass is 277 g/mol. The number of benzene rings is 1. The van der Waals surface area contributed by atoms with Crippen molar-refractivity contribution in [2.24, 2.45) is 0 Å². The number of nitrogens with one attached hydrogen (secondary N) is 1. The molecule has 0 aliphatic heterocycles. The third-order valence-corrected chi connectivity index (χ3v) is 6.00. The lowest BCUT2D eigenvalue weighted by Gasteiger charge is -2.45. The highest BCUT2D eigenvalue weighted by Crippen LogP contribution is 2.41. The zero-order valence-electron chi connectivity index (χ0n) is 11.6. The van der Waals surface area contributed by atoms with Crippen LogP contribution in [-0.4, -0.2) is 28.3 Å². The van der Waals surface area contributed by atoms with Gasteiger partial charge in [-0.25, -0.2) is 0 Å². The molecule has 0 saturated heterocycles. The van der Waals surface area contributed by atoms with Crippen molar-refractivity contribution in [2.75, 3.05) is 12.3 Å². The van der Waals surface area contributed by atoms with Gasteiger partial charge in [0, 0.05) is 17.8 Å². The Morgan fingerprint density at radius 2 is 2.21 bits per heavy atom. The predicted octanol–water partition coefficient (Wildman–Crippen LogP) is 2.91. The van der Waals surface area contributed by atoms with Crippen LogP contribution in [0.25, 0.3) is 0 Å². The van der Waals surface area contributed by atoms with Crippen molar-refractivity contribution in [3.05, 3.63) is 35.4 Å². The average Bonchev–Trinajstić information content (AvgIpc) is 2.84. The van der Waals surface area contributed by atoms with E-state index in [1.807, 2.05) is 11.8 Å². The third kappa shape index (κ3) is 2.56. The molecule has 2 aliphatic rings. The fourth-order valence-corrected chi connectivity index (χ4v) is 4.50. The van der Waals surface area contributed by atoms with Crippen molar-refractivity contribution < 1.29 is 5.11 Å². The molecule has 3 heteroatoms. The first-order valence-corrected chi connectivity index (χ1v) is 8.43. The summed E-state index contributed by atoms with van der Waals surface area (Å²) in [5.74, 6) is 1.10. The topological polar surface area (TPSA) is 32.3 Å². The summed E-state index contributed by atoms with van der Waals surface area (Å²) in [6.45, 7) is 2.91. The van der Waals surface area contributed by atoms with Crippen LogP contribution in [0.5, 0.6) is 0 Å². The van der Waals surface area contributed by atoms with Gasteiger partial charge >= 0.3 is 0 Å². The summed E-state index contributed by atoms with van der Waals surface area (Å²) in [6.07, 6.45) is 4.45. The maximum Gasteiger partial charge on any atom is 0.0890 e. The van der Waals surface area contributed by atoms with E-state index in [2.05, 4.69) is 36.5 Å². The SMILES string of the molecule is CCSC1CCC1(O)CNC1CCc2ccccc21. The normalized spacial score (nSPS) is 32.9. The standard InChI is InChI=1S/C16H23NOS/c1-2-19-15-9-10-16(15,18)11-17-14-8-7-12-5-3-4-6-13(12)14/h3-6,14-15,17-18H,2,7-11H2,1H3. The summed E-state index contributed by atoms with van der Waals surface area (Å²) in [5, 5.41) is 14.7. The molecule has 0 bridgehead atoms. The molecular formula is C16H23NOS. The molecule has 0 spiro atoms. The van der Waals surface area contributed by atoms with Crippen LogP contribution < -0.4 is 5.32 Å². The van der Waals surface area contributed by atoms with Gasteiger partial charge in [0.2, 0.25) is 0 Å². The minimum absolute atomic E-state index is 0.432. The first kappa shape index (κ1) is 13.5. The number of hydrogen-bond acceptors (Lipinski definition) is 3. The van der Waals surface area contributed by atoms with Gasteiger partial charge < -0.3 is 10.4 Å². The van der Waals surface area contributed by atoms with E-state index in [1.165, 1.54) is 24.0 Å². The van der Waals surface area contributed by atoms with Crippen LogP contribution >= 0.6 is 11.8 Å². The van der Waals surface area contributed by atoms with E-state index in [0.717, 1.165) is 25.1 Å². The molecule has 2 N–H and O–H groups in total. The van der Waals surface area contributed by atoms with E-state index in [9.17, 15) is 5.11 Å². The number of thioether (sulfide) groups is 1. The van der Waals surface area contributed by atoms with Gasteiger partial charge in [0.15, 0.2) is 0 Å². The van der Waals surface area contributed by atoms with Crippen LogP contribution in [0, 0.1) is 0 Å². The molecule has 1 aromatic carbocycles. The van der Waals surface area contributed by atoms with Crippen LogP contribution in [0.3, 0.4) is 0 Å². The molecule has 19 heavy (non-hydrogen) atoms. The Morgan fingerprint density at radius 1 is 1.37 bits per heavy atom. The third-order valence-electron chi connectivity index (χ3n) is 4.59. The van der Waals surface area contributed by atoms with Crippen molar-refractivity contribution in [3.63, 3.8) is 0 Å². The minimum atomic E-state index is -0.474. The lowest BCUT2D eigenvalue weighted by atomic mass is 9.79. The van der Waals surface area contributed by atoms with Crippen LogP contribution in [-0.2, 0) is 6.42 Å². The Balaban J connectivity index is 1.59. The molecule has 3 unspecified atom stereocenters. The summed E-state index contributed by atoms with van der Waals surface area (Å²) in [7, 11) is 0. The number of rotatable bonds is 5. The molecular weight excluding hydrogens is 254 g/mol. The Kier molecular flexibility index (Phi) is 3.88. The summed E-state index contributed by atoms with van der Waals surface area (Å²) in [5.41, 5.74) is 2.43. The van der Waals surface area contributed by atoms with Crippen molar-refractivity contribution in [3.8, 4) is 0 Å². The van der Waals surface area contributed by atoms with E-state index < -0.39 is 5.60 Å². The van der Waals surface area contributed by atoms with E-state index in [4.69, 9.17) is 0 Å². The predicted molar refractivity (Wildman–Crippen MR) is 81.6 cm³/mol. The molecule has 2 aliphatic carbocycles. The molecule has 3 rings (SSSR count). The summed E-state index contributed by atoms with van der Waals surface area (Å²) >= 11 is 1.90. The van der Waals surface area contributed by atoms with E-state index in [0.29, 0.717) is 11.3 Å². The van der Waals surface area contributed by atoms with E-state index >= 15 is 0 Å². The Bertz CT molecular complexity index is 450. The number of aliphatic hydroxyl groups is 1. The number of hydrogen-bond donors (Lipinski definition) is 2. The fourth-order valence-electron chi connectivity index (χ4n) is 3.31. The number of fused-ring (bicyclic) bond motifs is 1. The van der Waals surface area contributed by atoms with Gasteiger partial charge in [-0.2, -0.15) is 11.8 Å². The fraction of sp³-hybridized carbons (Fsp3) is 0.625. The van der Waals surface area contributed by atoms with Crippen LogP contribution in [0.4, 0.5) is 0 Å². The minimum Gasteiger partial charge on any atom is -0.387 e. The molecule has 1 aromatic rings. The van der Waals surface area contributed by atoms with Gasteiger partial charge in [-0.05, 0) is 42.6 Å². The molecule has 3 atom stereocenters. The molecule has 0 aromatic heterocycles. The average molecular weight is 277 g/mol. The highest BCUT2D eigenvalue weighted by molar-refractivity contribution is 8.00. The van der Waals surface area contributed by atoms with Crippen LogP contribution in [0.2, 0.25) is 0 Å². The first-order valence-electron chi connectivity index (χ1n) is 7.38. The van der Waals surface area contributed by atoms with Crippen molar-refractivity contribution >= 4 is 11.8 Å². The second-order valence-corrected chi connectivity index (χ2v) is 7.24. The van der Waals surface area contributed by atoms with Crippen molar-refractivity contribution in [1.29, 1.82) is 0 Å². The van der Waals surface area contributed by atoms with E-state index in [-0.39, 0.29) is 0 Å². The largest absolute Gasteiger partial charge is 0.387 e. The molecule has 104 valence electrons. The Morgan fingerprint density at radius 3 is 2.95 bits per heavy atom. The van der Waals surface area contributed by atoms with Crippen molar-refractivity contribution in [1.82, 2.24) is 5.32 Å². The van der Waals surface area contributed by atoms with Gasteiger partial charge in [0.05, 0.1) is 5.60 Å². The summed E-state index contributed by atoms with van der Waals surface area (Å²) < 4.78 is 0. The molecule has 1 fully saturated rings. The van der Waals surface area contributed by atoms with Gasteiger partial charge in [-0.15, -0.1) is 0 Å². The van der Waals surface area contributed by atoms with Gasteiger partial charge in [-0.1, -0.05) is 31.2 Å². The summed E-state index contributed by atoms with van der Waals surface area (Å²) in [4.78, 5) is 0. The van der Waals surface area contributed by atoms with Gasteiger partial charge in [-0.3, -0.25) is 0 Å². The molecule has 0 heterocycles. The van der Waals surface area contributed by atoms with E-state index in [1.54, 1.807) is 0 Å². The highest BCUT2D eigenvalue weighted by Gasteiger charge is 2.45. The highest BCUT2D eigenvalue weighted by atomic mass is 32.2.